The molecule has 0 bridgehead atoms. The molecule has 92 valence electrons. The molecule has 1 heterocycles. The molecule has 1 aliphatic heterocycles. The number of rotatable bonds is 3. The molecule has 0 fully saturated rings. The Bertz CT molecular complexity index is 389. The van der Waals surface area contributed by atoms with Gasteiger partial charge >= 0.3 is 0 Å². The first-order valence-corrected chi connectivity index (χ1v) is 6.24. The minimum absolute atomic E-state index is 0.685. The van der Waals surface area contributed by atoms with E-state index < -0.39 is 5.60 Å². The molecular formula is C15H21NO. The van der Waals surface area contributed by atoms with Crippen LogP contribution in [-0.2, 0) is 6.54 Å². The summed E-state index contributed by atoms with van der Waals surface area (Å²) in [6.45, 7) is 6.65. The fraction of sp³-hybridized carbons (Fsp3) is 0.467. The second-order valence-corrected chi connectivity index (χ2v) is 5.27. The predicted molar refractivity (Wildman–Crippen MR) is 70.7 cm³/mol. The summed E-state index contributed by atoms with van der Waals surface area (Å²) in [6.07, 6.45) is 3.22. The highest BCUT2D eigenvalue weighted by atomic mass is 16.3. The summed E-state index contributed by atoms with van der Waals surface area (Å²) in [5.74, 6) is 0. The van der Waals surface area contributed by atoms with E-state index in [1.165, 1.54) is 5.56 Å². The van der Waals surface area contributed by atoms with Crippen LogP contribution in [-0.4, -0.2) is 28.7 Å². The molecule has 2 heteroatoms. The topological polar surface area (TPSA) is 23.5 Å². The van der Waals surface area contributed by atoms with Gasteiger partial charge in [-0.25, -0.2) is 0 Å². The van der Waals surface area contributed by atoms with Crippen LogP contribution in [0.1, 0.15) is 25.8 Å². The van der Waals surface area contributed by atoms with Crippen molar-refractivity contribution in [3.05, 3.63) is 47.5 Å². The van der Waals surface area contributed by atoms with E-state index in [0.717, 1.165) is 31.6 Å². The standard InChI is InChI=1S/C15H21NO/c1-15(2,17)14-9-6-10-16(12-14)11-13-7-4-3-5-8-13/h3-5,7-9,17H,6,10-12H2,1-2H3. The van der Waals surface area contributed by atoms with E-state index in [2.05, 4.69) is 35.2 Å². The van der Waals surface area contributed by atoms with E-state index in [1.807, 2.05) is 19.9 Å². The Morgan fingerprint density at radius 3 is 2.59 bits per heavy atom. The SMILES string of the molecule is CC(C)(O)C1=CCCN(Cc2ccccc2)C1. The third-order valence-corrected chi connectivity index (χ3v) is 3.26. The van der Waals surface area contributed by atoms with E-state index in [9.17, 15) is 5.11 Å². The predicted octanol–water partition coefficient (Wildman–Crippen LogP) is 2.59. The number of hydrogen-bond acceptors (Lipinski definition) is 2. The zero-order valence-corrected chi connectivity index (χ0v) is 10.7. The van der Waals surface area contributed by atoms with Gasteiger partial charge in [0.2, 0.25) is 0 Å². The molecule has 0 saturated carbocycles. The Balaban J connectivity index is 1.99. The van der Waals surface area contributed by atoms with Crippen molar-refractivity contribution in [1.82, 2.24) is 4.90 Å². The van der Waals surface area contributed by atoms with Gasteiger partial charge in [-0.2, -0.15) is 0 Å². The number of benzene rings is 1. The van der Waals surface area contributed by atoms with E-state index in [0.29, 0.717) is 0 Å². The van der Waals surface area contributed by atoms with Crippen molar-refractivity contribution in [3.63, 3.8) is 0 Å². The van der Waals surface area contributed by atoms with Gasteiger partial charge in [-0.05, 0) is 31.4 Å². The molecule has 0 unspecified atom stereocenters. The van der Waals surface area contributed by atoms with Crippen molar-refractivity contribution in [1.29, 1.82) is 0 Å². The maximum atomic E-state index is 10.0. The fourth-order valence-corrected chi connectivity index (χ4v) is 2.23. The molecule has 0 atom stereocenters. The van der Waals surface area contributed by atoms with Crippen LogP contribution in [0.4, 0.5) is 0 Å². The lowest BCUT2D eigenvalue weighted by molar-refractivity contribution is 0.103. The molecule has 0 spiro atoms. The normalized spacial score (nSPS) is 17.9. The summed E-state index contributed by atoms with van der Waals surface area (Å²) >= 11 is 0. The van der Waals surface area contributed by atoms with Crippen LogP contribution >= 0.6 is 0 Å². The van der Waals surface area contributed by atoms with Gasteiger partial charge < -0.3 is 5.11 Å². The fourth-order valence-electron chi connectivity index (χ4n) is 2.23. The second kappa shape index (κ2) is 5.03. The molecule has 1 aliphatic rings. The van der Waals surface area contributed by atoms with Crippen LogP contribution in [0, 0.1) is 0 Å². The average molecular weight is 231 g/mol. The van der Waals surface area contributed by atoms with E-state index in [4.69, 9.17) is 0 Å². The molecule has 1 aromatic carbocycles. The summed E-state index contributed by atoms with van der Waals surface area (Å²) in [6, 6.07) is 10.5. The molecule has 1 N–H and O–H groups in total. The Kier molecular flexibility index (Phi) is 3.65. The summed E-state index contributed by atoms with van der Waals surface area (Å²) in [7, 11) is 0. The smallest absolute Gasteiger partial charge is 0.0813 e. The van der Waals surface area contributed by atoms with Crippen LogP contribution in [0.3, 0.4) is 0 Å². The first kappa shape index (κ1) is 12.3. The summed E-state index contributed by atoms with van der Waals surface area (Å²) in [4.78, 5) is 2.39. The number of hydrogen-bond donors (Lipinski definition) is 1. The first-order valence-electron chi connectivity index (χ1n) is 6.24. The highest BCUT2D eigenvalue weighted by Crippen LogP contribution is 2.22. The van der Waals surface area contributed by atoms with Crippen molar-refractivity contribution in [2.24, 2.45) is 0 Å². The lowest BCUT2D eigenvalue weighted by atomic mass is 9.94. The van der Waals surface area contributed by atoms with Gasteiger partial charge in [0.05, 0.1) is 5.60 Å². The van der Waals surface area contributed by atoms with Crippen LogP contribution < -0.4 is 0 Å². The maximum Gasteiger partial charge on any atom is 0.0813 e. The maximum absolute atomic E-state index is 10.0. The summed E-state index contributed by atoms with van der Waals surface area (Å²) in [5.41, 5.74) is 1.79. The highest BCUT2D eigenvalue weighted by Gasteiger charge is 2.23. The summed E-state index contributed by atoms with van der Waals surface area (Å²) < 4.78 is 0. The van der Waals surface area contributed by atoms with Gasteiger partial charge in [-0.3, -0.25) is 4.90 Å². The molecule has 0 aromatic heterocycles. The molecule has 1 aromatic rings. The van der Waals surface area contributed by atoms with Crippen LogP contribution in [0.15, 0.2) is 42.0 Å². The minimum atomic E-state index is -0.685. The van der Waals surface area contributed by atoms with Crippen molar-refractivity contribution in [2.75, 3.05) is 13.1 Å². The van der Waals surface area contributed by atoms with Gasteiger partial charge in [-0.1, -0.05) is 36.4 Å². The number of nitrogens with zero attached hydrogens (tertiary/aromatic N) is 1. The zero-order valence-electron chi connectivity index (χ0n) is 10.7. The van der Waals surface area contributed by atoms with Crippen molar-refractivity contribution in [3.8, 4) is 0 Å². The quantitative estimate of drug-likeness (QED) is 0.808. The molecule has 2 rings (SSSR count). The lowest BCUT2D eigenvalue weighted by Gasteiger charge is -2.32. The third-order valence-electron chi connectivity index (χ3n) is 3.26. The Labute approximate surface area is 104 Å². The second-order valence-electron chi connectivity index (χ2n) is 5.27. The van der Waals surface area contributed by atoms with Crippen molar-refractivity contribution < 1.29 is 5.11 Å². The van der Waals surface area contributed by atoms with Gasteiger partial charge in [0.1, 0.15) is 0 Å². The molecule has 0 amide bonds. The molecular weight excluding hydrogens is 210 g/mol. The molecule has 0 radical (unpaired) electrons. The Morgan fingerprint density at radius 1 is 1.24 bits per heavy atom. The zero-order chi connectivity index (χ0) is 12.3. The van der Waals surface area contributed by atoms with E-state index in [1.54, 1.807) is 0 Å². The van der Waals surface area contributed by atoms with Gasteiger partial charge in [0.25, 0.3) is 0 Å². The molecule has 0 aliphatic carbocycles. The van der Waals surface area contributed by atoms with Crippen molar-refractivity contribution in [2.45, 2.75) is 32.4 Å². The van der Waals surface area contributed by atoms with E-state index >= 15 is 0 Å². The highest BCUT2D eigenvalue weighted by molar-refractivity contribution is 5.20. The number of aliphatic hydroxyl groups is 1. The van der Waals surface area contributed by atoms with Gasteiger partial charge in [0.15, 0.2) is 0 Å². The van der Waals surface area contributed by atoms with Crippen LogP contribution in [0.5, 0.6) is 0 Å². The van der Waals surface area contributed by atoms with Crippen LogP contribution in [0.25, 0.3) is 0 Å². The van der Waals surface area contributed by atoms with Crippen LogP contribution in [0.2, 0.25) is 0 Å². The largest absolute Gasteiger partial charge is 0.386 e. The lowest BCUT2D eigenvalue weighted by Crippen LogP contribution is -2.36. The van der Waals surface area contributed by atoms with Gasteiger partial charge in [-0.15, -0.1) is 0 Å². The first-order chi connectivity index (χ1) is 8.05. The Hall–Kier alpha value is -1.12. The Morgan fingerprint density at radius 2 is 1.94 bits per heavy atom. The molecule has 2 nitrogen and oxygen atoms in total. The van der Waals surface area contributed by atoms with E-state index in [-0.39, 0.29) is 0 Å². The minimum Gasteiger partial charge on any atom is -0.386 e. The van der Waals surface area contributed by atoms with Crippen molar-refractivity contribution >= 4 is 0 Å². The molecule has 0 saturated heterocycles. The van der Waals surface area contributed by atoms with Gasteiger partial charge in [0, 0.05) is 19.6 Å². The monoisotopic (exact) mass is 231 g/mol. The third kappa shape index (κ3) is 3.42. The average Bonchev–Trinajstić information content (AvgIpc) is 2.29. The molecule has 17 heavy (non-hydrogen) atoms. The summed E-state index contributed by atoms with van der Waals surface area (Å²) in [5, 5.41) is 10.0.